The lowest BCUT2D eigenvalue weighted by atomic mass is 10.1. The van der Waals surface area contributed by atoms with E-state index in [2.05, 4.69) is 63.5 Å². The van der Waals surface area contributed by atoms with Crippen molar-refractivity contribution in [2.45, 2.75) is 52.2 Å². The third-order valence-corrected chi connectivity index (χ3v) is 5.24. The standard InChI is InChI=1S/C20H37N5O2S/c1-7-21-19(23-16-20(3,4)24-28(6,26)27)22-14-13-17(2)25(5)15-18-11-9-8-10-12-18/h8-12,17,24H,7,13-16H2,1-6H3,(H2,21,22,23). The fourth-order valence-corrected chi connectivity index (χ4v) is 3.87. The molecule has 0 amide bonds. The Morgan fingerprint density at radius 2 is 1.86 bits per heavy atom. The highest BCUT2D eigenvalue weighted by Crippen LogP contribution is 2.08. The third kappa shape index (κ3) is 10.6. The van der Waals surface area contributed by atoms with Gasteiger partial charge in [0.05, 0.1) is 12.8 Å². The number of nitrogens with one attached hydrogen (secondary N) is 3. The van der Waals surface area contributed by atoms with E-state index in [-0.39, 0.29) is 0 Å². The molecule has 0 aliphatic heterocycles. The summed E-state index contributed by atoms with van der Waals surface area (Å²) in [5.74, 6) is 0.698. The van der Waals surface area contributed by atoms with E-state index in [1.807, 2.05) is 26.8 Å². The lowest BCUT2D eigenvalue weighted by Gasteiger charge is -2.26. The van der Waals surface area contributed by atoms with E-state index < -0.39 is 15.6 Å². The largest absolute Gasteiger partial charge is 0.357 e. The van der Waals surface area contributed by atoms with Crippen molar-refractivity contribution in [3.05, 3.63) is 35.9 Å². The number of hydrogen-bond acceptors (Lipinski definition) is 4. The molecule has 0 heterocycles. The van der Waals surface area contributed by atoms with Crippen molar-refractivity contribution in [2.75, 3.05) is 32.9 Å². The Morgan fingerprint density at radius 1 is 1.21 bits per heavy atom. The molecule has 8 heteroatoms. The molecule has 0 aliphatic rings. The minimum absolute atomic E-state index is 0.346. The van der Waals surface area contributed by atoms with Gasteiger partial charge in [-0.2, -0.15) is 0 Å². The zero-order valence-corrected chi connectivity index (χ0v) is 18.9. The lowest BCUT2D eigenvalue weighted by Crippen LogP contribution is -2.47. The summed E-state index contributed by atoms with van der Waals surface area (Å²) >= 11 is 0. The van der Waals surface area contributed by atoms with Crippen molar-refractivity contribution < 1.29 is 8.42 Å². The van der Waals surface area contributed by atoms with Crippen molar-refractivity contribution in [1.82, 2.24) is 20.3 Å². The van der Waals surface area contributed by atoms with E-state index in [1.165, 1.54) is 5.56 Å². The topological polar surface area (TPSA) is 85.8 Å². The van der Waals surface area contributed by atoms with Gasteiger partial charge in [0.2, 0.25) is 10.0 Å². The fourth-order valence-electron chi connectivity index (χ4n) is 2.80. The molecule has 160 valence electrons. The highest BCUT2D eigenvalue weighted by molar-refractivity contribution is 7.88. The van der Waals surface area contributed by atoms with Crippen LogP contribution in [0.1, 0.15) is 39.7 Å². The zero-order valence-electron chi connectivity index (χ0n) is 18.1. The van der Waals surface area contributed by atoms with Gasteiger partial charge in [-0.25, -0.2) is 13.1 Å². The summed E-state index contributed by atoms with van der Waals surface area (Å²) in [7, 11) is -1.14. The smallest absolute Gasteiger partial charge is 0.209 e. The van der Waals surface area contributed by atoms with Crippen molar-refractivity contribution in [3.8, 4) is 0 Å². The Hall–Kier alpha value is -1.64. The average molecular weight is 412 g/mol. The Labute approximate surface area is 171 Å². The SMILES string of the molecule is CCNC(=NCC(C)(C)NS(C)(=O)=O)NCCC(C)N(C)Cc1ccccc1. The molecule has 0 aromatic heterocycles. The number of rotatable bonds is 11. The second-order valence-corrected chi connectivity index (χ2v) is 9.67. The molecule has 0 saturated heterocycles. The maximum Gasteiger partial charge on any atom is 0.209 e. The van der Waals surface area contributed by atoms with E-state index >= 15 is 0 Å². The van der Waals surface area contributed by atoms with Crippen LogP contribution in [0.3, 0.4) is 0 Å². The number of hydrogen-bond donors (Lipinski definition) is 3. The number of guanidine groups is 1. The summed E-state index contributed by atoms with van der Waals surface area (Å²) < 4.78 is 25.5. The molecule has 1 aromatic rings. The average Bonchev–Trinajstić information content (AvgIpc) is 2.58. The molecular formula is C20H37N5O2S. The fraction of sp³-hybridized carbons (Fsp3) is 0.650. The summed E-state index contributed by atoms with van der Waals surface area (Å²) in [6.07, 6.45) is 2.13. The van der Waals surface area contributed by atoms with Crippen LogP contribution in [0.4, 0.5) is 0 Å². The van der Waals surface area contributed by atoms with E-state index in [0.29, 0.717) is 18.5 Å². The number of benzene rings is 1. The first-order valence-electron chi connectivity index (χ1n) is 9.77. The Morgan fingerprint density at radius 3 is 2.43 bits per heavy atom. The molecule has 1 aromatic carbocycles. The van der Waals surface area contributed by atoms with Crippen LogP contribution in [0, 0.1) is 0 Å². The molecular weight excluding hydrogens is 374 g/mol. The summed E-state index contributed by atoms with van der Waals surface area (Å²) in [4.78, 5) is 6.87. The first kappa shape index (κ1) is 24.4. The molecule has 1 unspecified atom stereocenters. The molecule has 0 aliphatic carbocycles. The van der Waals surface area contributed by atoms with Crippen LogP contribution in [-0.2, 0) is 16.6 Å². The van der Waals surface area contributed by atoms with Gasteiger partial charge >= 0.3 is 0 Å². The summed E-state index contributed by atoms with van der Waals surface area (Å²) in [5.41, 5.74) is 0.666. The van der Waals surface area contributed by atoms with Gasteiger partial charge in [-0.3, -0.25) is 9.89 Å². The normalized spacial score (nSPS) is 14.2. The first-order valence-corrected chi connectivity index (χ1v) is 11.7. The Kier molecular flexibility index (Phi) is 9.92. The summed E-state index contributed by atoms with van der Waals surface area (Å²) in [6, 6.07) is 10.9. The Bertz CT molecular complexity index is 705. The van der Waals surface area contributed by atoms with Crippen LogP contribution in [0.5, 0.6) is 0 Å². The zero-order chi connectivity index (χ0) is 21.2. The number of aliphatic imine (C=N–C) groups is 1. The molecule has 0 spiro atoms. The second-order valence-electron chi connectivity index (χ2n) is 7.92. The van der Waals surface area contributed by atoms with Gasteiger partial charge in [0.15, 0.2) is 5.96 Å². The van der Waals surface area contributed by atoms with Gasteiger partial charge in [0, 0.05) is 31.2 Å². The summed E-state index contributed by atoms with van der Waals surface area (Å²) in [6.45, 7) is 10.7. The van der Waals surface area contributed by atoms with Crippen LogP contribution >= 0.6 is 0 Å². The van der Waals surface area contributed by atoms with Gasteiger partial charge in [0.25, 0.3) is 0 Å². The number of sulfonamides is 1. The maximum atomic E-state index is 11.5. The monoisotopic (exact) mass is 411 g/mol. The van der Waals surface area contributed by atoms with Crippen LogP contribution in [0.15, 0.2) is 35.3 Å². The van der Waals surface area contributed by atoms with Crippen molar-refractivity contribution in [3.63, 3.8) is 0 Å². The maximum absolute atomic E-state index is 11.5. The van der Waals surface area contributed by atoms with Gasteiger partial charge < -0.3 is 10.6 Å². The predicted molar refractivity (Wildman–Crippen MR) is 118 cm³/mol. The van der Waals surface area contributed by atoms with Crippen LogP contribution in [0.2, 0.25) is 0 Å². The minimum atomic E-state index is -3.27. The van der Waals surface area contributed by atoms with Gasteiger partial charge in [0.1, 0.15) is 0 Å². The van der Waals surface area contributed by atoms with Gasteiger partial charge in [-0.05, 0) is 46.7 Å². The van der Waals surface area contributed by atoms with E-state index in [0.717, 1.165) is 32.3 Å². The highest BCUT2D eigenvalue weighted by Gasteiger charge is 2.21. The van der Waals surface area contributed by atoms with Gasteiger partial charge in [-0.1, -0.05) is 30.3 Å². The third-order valence-electron chi connectivity index (χ3n) is 4.32. The molecule has 0 bridgehead atoms. The molecule has 1 atom stereocenters. The molecule has 0 radical (unpaired) electrons. The summed E-state index contributed by atoms with van der Waals surface area (Å²) in [5, 5.41) is 6.55. The first-order chi connectivity index (χ1) is 13.0. The van der Waals surface area contributed by atoms with E-state index in [1.54, 1.807) is 0 Å². The molecule has 0 fully saturated rings. The second kappa shape index (κ2) is 11.4. The molecule has 0 saturated carbocycles. The van der Waals surface area contributed by atoms with Crippen molar-refractivity contribution in [1.29, 1.82) is 0 Å². The van der Waals surface area contributed by atoms with E-state index in [9.17, 15) is 8.42 Å². The molecule has 7 nitrogen and oxygen atoms in total. The lowest BCUT2D eigenvalue weighted by molar-refractivity contribution is 0.238. The molecule has 3 N–H and O–H groups in total. The van der Waals surface area contributed by atoms with Crippen molar-refractivity contribution in [2.24, 2.45) is 4.99 Å². The van der Waals surface area contributed by atoms with Crippen LogP contribution in [0.25, 0.3) is 0 Å². The van der Waals surface area contributed by atoms with Crippen molar-refractivity contribution >= 4 is 16.0 Å². The van der Waals surface area contributed by atoms with E-state index in [4.69, 9.17) is 0 Å². The number of nitrogens with zero attached hydrogens (tertiary/aromatic N) is 2. The quantitative estimate of drug-likeness (QED) is 0.382. The highest BCUT2D eigenvalue weighted by atomic mass is 32.2. The van der Waals surface area contributed by atoms with Crippen LogP contribution < -0.4 is 15.4 Å². The Balaban J connectivity index is 2.51. The molecule has 28 heavy (non-hydrogen) atoms. The predicted octanol–water partition coefficient (Wildman–Crippen LogP) is 1.78. The van der Waals surface area contributed by atoms with Gasteiger partial charge in [-0.15, -0.1) is 0 Å². The van der Waals surface area contributed by atoms with Crippen LogP contribution in [-0.4, -0.2) is 63.8 Å². The minimum Gasteiger partial charge on any atom is -0.357 e. The molecule has 1 rings (SSSR count).